The summed E-state index contributed by atoms with van der Waals surface area (Å²) in [6.07, 6.45) is 9.97. The highest BCUT2D eigenvalue weighted by Crippen LogP contribution is 2.30. The van der Waals surface area contributed by atoms with E-state index in [0.717, 1.165) is 23.6 Å². The van der Waals surface area contributed by atoms with Gasteiger partial charge in [0.1, 0.15) is 0 Å². The molecule has 1 aromatic rings. The molecular formula is C16H29N3S. The minimum absolute atomic E-state index is 0. The molecule has 0 aromatic carbocycles. The second-order valence-corrected chi connectivity index (χ2v) is 5.92. The van der Waals surface area contributed by atoms with Crippen LogP contribution >= 0.6 is 12.2 Å². The van der Waals surface area contributed by atoms with Gasteiger partial charge in [-0.05, 0) is 56.8 Å². The number of aromatic amines is 1. The topological polar surface area (TPSA) is 33.6 Å². The SMILES string of the molecule is C.CCCCCn1c(C2=C(C)CCCCC2)n[nH]c1=S. The maximum absolute atomic E-state index is 5.39. The summed E-state index contributed by atoms with van der Waals surface area (Å²) in [4.78, 5) is 0. The molecule has 0 bridgehead atoms. The van der Waals surface area contributed by atoms with Crippen LogP contribution in [0.5, 0.6) is 0 Å². The van der Waals surface area contributed by atoms with E-state index in [1.54, 1.807) is 0 Å². The molecule has 20 heavy (non-hydrogen) atoms. The van der Waals surface area contributed by atoms with Gasteiger partial charge in [0.05, 0.1) is 0 Å². The second-order valence-electron chi connectivity index (χ2n) is 5.53. The van der Waals surface area contributed by atoms with Crippen molar-refractivity contribution in [1.29, 1.82) is 0 Å². The van der Waals surface area contributed by atoms with E-state index in [0.29, 0.717) is 0 Å². The minimum Gasteiger partial charge on any atom is -0.300 e. The van der Waals surface area contributed by atoms with Crippen LogP contribution in [0.4, 0.5) is 0 Å². The van der Waals surface area contributed by atoms with Crippen molar-refractivity contribution in [2.45, 2.75) is 79.2 Å². The Morgan fingerprint density at radius 1 is 1.20 bits per heavy atom. The van der Waals surface area contributed by atoms with Gasteiger partial charge in [-0.15, -0.1) is 0 Å². The molecule has 114 valence electrons. The predicted molar refractivity (Wildman–Crippen MR) is 89.3 cm³/mol. The van der Waals surface area contributed by atoms with Crippen LogP contribution in [-0.2, 0) is 6.54 Å². The molecule has 0 fully saturated rings. The van der Waals surface area contributed by atoms with Crippen molar-refractivity contribution in [2.24, 2.45) is 0 Å². The van der Waals surface area contributed by atoms with E-state index in [1.165, 1.54) is 56.1 Å². The van der Waals surface area contributed by atoms with Crippen LogP contribution in [0.2, 0.25) is 0 Å². The van der Waals surface area contributed by atoms with Crippen molar-refractivity contribution in [3.63, 3.8) is 0 Å². The van der Waals surface area contributed by atoms with Gasteiger partial charge in [-0.25, -0.2) is 0 Å². The van der Waals surface area contributed by atoms with E-state index >= 15 is 0 Å². The van der Waals surface area contributed by atoms with Gasteiger partial charge in [0.25, 0.3) is 0 Å². The van der Waals surface area contributed by atoms with Crippen molar-refractivity contribution in [1.82, 2.24) is 14.8 Å². The summed E-state index contributed by atoms with van der Waals surface area (Å²) >= 11 is 5.39. The quantitative estimate of drug-likeness (QED) is 0.574. The van der Waals surface area contributed by atoms with Gasteiger partial charge in [0.15, 0.2) is 10.6 Å². The molecular weight excluding hydrogens is 266 g/mol. The summed E-state index contributed by atoms with van der Waals surface area (Å²) in [6.45, 7) is 5.48. The third-order valence-electron chi connectivity index (χ3n) is 4.01. The van der Waals surface area contributed by atoms with Crippen LogP contribution < -0.4 is 0 Å². The minimum atomic E-state index is 0. The summed E-state index contributed by atoms with van der Waals surface area (Å²) in [5.41, 5.74) is 2.93. The molecule has 0 saturated carbocycles. The fourth-order valence-corrected chi connectivity index (χ4v) is 3.03. The molecule has 0 saturated heterocycles. The Labute approximate surface area is 128 Å². The van der Waals surface area contributed by atoms with Gasteiger partial charge in [-0.2, -0.15) is 5.10 Å². The maximum Gasteiger partial charge on any atom is 0.195 e. The standard InChI is InChI=1S/C15H25N3S.CH4/c1-3-4-8-11-18-14(16-17-15(18)19)13-10-7-5-6-9-12(13)2;/h3-11H2,1-2H3,(H,17,19);1H4. The van der Waals surface area contributed by atoms with Crippen molar-refractivity contribution in [2.75, 3.05) is 0 Å². The lowest BCUT2D eigenvalue weighted by Gasteiger charge is -2.11. The fraction of sp³-hybridized carbons (Fsp3) is 0.750. The number of allylic oxidation sites excluding steroid dienone is 2. The van der Waals surface area contributed by atoms with Crippen LogP contribution in [0.25, 0.3) is 5.57 Å². The van der Waals surface area contributed by atoms with E-state index in [9.17, 15) is 0 Å². The van der Waals surface area contributed by atoms with E-state index in [2.05, 4.69) is 28.6 Å². The molecule has 1 aliphatic rings. The Balaban J connectivity index is 0.00000200. The molecule has 0 atom stereocenters. The molecule has 4 heteroatoms. The summed E-state index contributed by atoms with van der Waals surface area (Å²) in [5, 5.41) is 7.48. The number of hydrogen-bond acceptors (Lipinski definition) is 2. The average molecular weight is 295 g/mol. The summed E-state index contributed by atoms with van der Waals surface area (Å²) in [7, 11) is 0. The normalized spacial score (nSPS) is 15.9. The van der Waals surface area contributed by atoms with Gasteiger partial charge in [-0.3, -0.25) is 5.10 Å². The molecule has 1 N–H and O–H groups in total. The Hall–Kier alpha value is -0.900. The number of H-pyrrole nitrogens is 1. The van der Waals surface area contributed by atoms with E-state index in [1.807, 2.05) is 0 Å². The molecule has 0 unspecified atom stereocenters. The van der Waals surface area contributed by atoms with E-state index in [-0.39, 0.29) is 7.43 Å². The van der Waals surface area contributed by atoms with Gasteiger partial charge in [-0.1, -0.05) is 39.2 Å². The first-order valence-electron chi connectivity index (χ1n) is 7.58. The summed E-state index contributed by atoms with van der Waals surface area (Å²) < 4.78 is 2.98. The Morgan fingerprint density at radius 2 is 1.95 bits per heavy atom. The molecule has 2 rings (SSSR count). The van der Waals surface area contributed by atoms with Crippen molar-refractivity contribution >= 4 is 17.8 Å². The zero-order valence-electron chi connectivity index (χ0n) is 12.2. The number of hydrogen-bond donors (Lipinski definition) is 1. The van der Waals surface area contributed by atoms with Crippen molar-refractivity contribution < 1.29 is 0 Å². The highest BCUT2D eigenvalue weighted by atomic mass is 32.1. The monoisotopic (exact) mass is 295 g/mol. The molecule has 0 aliphatic heterocycles. The zero-order chi connectivity index (χ0) is 13.7. The van der Waals surface area contributed by atoms with Gasteiger partial charge in [0, 0.05) is 6.54 Å². The maximum atomic E-state index is 5.39. The van der Waals surface area contributed by atoms with Crippen LogP contribution in [0, 0.1) is 4.77 Å². The Morgan fingerprint density at radius 3 is 2.70 bits per heavy atom. The van der Waals surface area contributed by atoms with Crippen LogP contribution in [0.15, 0.2) is 5.57 Å². The number of nitrogens with one attached hydrogen (secondary N) is 1. The first-order chi connectivity index (χ1) is 9.24. The number of nitrogens with zero attached hydrogens (tertiary/aromatic N) is 2. The first kappa shape index (κ1) is 17.2. The highest BCUT2D eigenvalue weighted by molar-refractivity contribution is 7.71. The van der Waals surface area contributed by atoms with Gasteiger partial charge >= 0.3 is 0 Å². The van der Waals surface area contributed by atoms with Crippen molar-refractivity contribution in [3.8, 4) is 0 Å². The van der Waals surface area contributed by atoms with E-state index in [4.69, 9.17) is 12.2 Å². The highest BCUT2D eigenvalue weighted by Gasteiger charge is 2.16. The average Bonchev–Trinajstić information content (AvgIpc) is 2.62. The second kappa shape index (κ2) is 8.40. The fourth-order valence-electron chi connectivity index (χ4n) is 2.81. The lowest BCUT2D eigenvalue weighted by Crippen LogP contribution is -2.05. The van der Waals surface area contributed by atoms with E-state index < -0.39 is 0 Å². The summed E-state index contributed by atoms with van der Waals surface area (Å²) in [6, 6.07) is 0. The molecule has 1 aliphatic carbocycles. The molecule has 0 radical (unpaired) electrons. The summed E-state index contributed by atoms with van der Waals surface area (Å²) in [5.74, 6) is 1.10. The number of unbranched alkanes of at least 4 members (excludes halogenated alkanes) is 2. The van der Waals surface area contributed by atoms with Crippen LogP contribution in [0.3, 0.4) is 0 Å². The molecule has 1 aromatic heterocycles. The zero-order valence-corrected chi connectivity index (χ0v) is 13.0. The lowest BCUT2D eigenvalue weighted by molar-refractivity contribution is 0.590. The Bertz CT molecular complexity index is 496. The number of aromatic nitrogens is 3. The lowest BCUT2D eigenvalue weighted by atomic mass is 10.0. The Kier molecular flexibility index (Phi) is 7.20. The van der Waals surface area contributed by atoms with Gasteiger partial charge in [0.2, 0.25) is 0 Å². The van der Waals surface area contributed by atoms with Crippen LogP contribution in [-0.4, -0.2) is 14.8 Å². The third kappa shape index (κ3) is 4.05. The molecule has 0 amide bonds. The smallest absolute Gasteiger partial charge is 0.195 e. The van der Waals surface area contributed by atoms with Crippen molar-refractivity contribution in [3.05, 3.63) is 16.2 Å². The third-order valence-corrected chi connectivity index (χ3v) is 4.32. The molecule has 1 heterocycles. The van der Waals surface area contributed by atoms with Gasteiger partial charge < -0.3 is 4.57 Å². The predicted octanol–water partition coefficient (Wildman–Crippen LogP) is 5.50. The largest absolute Gasteiger partial charge is 0.300 e. The first-order valence-corrected chi connectivity index (χ1v) is 7.99. The van der Waals surface area contributed by atoms with Crippen LogP contribution in [0.1, 0.15) is 78.5 Å². The number of rotatable bonds is 5. The molecule has 0 spiro atoms. The molecule has 3 nitrogen and oxygen atoms in total.